The molecule has 0 radical (unpaired) electrons. The van der Waals surface area contributed by atoms with Crippen molar-refractivity contribution in [3.8, 4) is 0 Å². The molecule has 1 fully saturated rings. The third-order valence-electron chi connectivity index (χ3n) is 3.77. The number of carbonyl (C=O) groups is 1. The van der Waals surface area contributed by atoms with Crippen LogP contribution in [-0.4, -0.2) is 40.3 Å². The molecule has 1 aromatic heterocycles. The zero-order valence-corrected chi connectivity index (χ0v) is 11.7. The average molecular weight is 286 g/mol. The summed E-state index contributed by atoms with van der Waals surface area (Å²) in [5, 5.41) is 9.96. The van der Waals surface area contributed by atoms with Gasteiger partial charge in [0.15, 0.2) is 5.69 Å². The molecule has 3 rings (SSSR count). The molecule has 1 saturated heterocycles. The lowest BCUT2D eigenvalue weighted by Gasteiger charge is -2.32. The lowest BCUT2D eigenvalue weighted by atomic mass is 10.0. The SMILES string of the molecule is O=C(NC1CCN(Cc2ccccc2)CC1)c1cnon1. The van der Waals surface area contributed by atoms with E-state index in [1.807, 2.05) is 6.07 Å². The fraction of sp³-hybridized carbons (Fsp3) is 0.400. The highest BCUT2D eigenvalue weighted by molar-refractivity contribution is 5.91. The maximum Gasteiger partial charge on any atom is 0.275 e. The zero-order valence-electron chi connectivity index (χ0n) is 11.7. The number of nitrogens with zero attached hydrogens (tertiary/aromatic N) is 3. The van der Waals surface area contributed by atoms with E-state index in [0.29, 0.717) is 0 Å². The second kappa shape index (κ2) is 6.49. The van der Waals surface area contributed by atoms with E-state index in [1.165, 1.54) is 11.8 Å². The van der Waals surface area contributed by atoms with Crippen LogP contribution in [0.5, 0.6) is 0 Å². The smallest absolute Gasteiger partial charge is 0.275 e. The maximum absolute atomic E-state index is 11.9. The third-order valence-corrected chi connectivity index (χ3v) is 3.77. The minimum Gasteiger partial charge on any atom is -0.348 e. The molecule has 2 heterocycles. The summed E-state index contributed by atoms with van der Waals surface area (Å²) in [4.78, 5) is 14.3. The maximum atomic E-state index is 11.9. The number of piperidine rings is 1. The molecule has 0 bridgehead atoms. The first kappa shape index (κ1) is 13.8. The monoisotopic (exact) mass is 286 g/mol. The van der Waals surface area contributed by atoms with Gasteiger partial charge in [-0.1, -0.05) is 35.5 Å². The lowest BCUT2D eigenvalue weighted by molar-refractivity contribution is 0.0899. The highest BCUT2D eigenvalue weighted by Gasteiger charge is 2.22. The molecule has 1 aliphatic heterocycles. The van der Waals surface area contributed by atoms with E-state index in [9.17, 15) is 4.79 Å². The predicted molar refractivity (Wildman–Crippen MR) is 76.5 cm³/mol. The fourth-order valence-corrected chi connectivity index (χ4v) is 2.60. The van der Waals surface area contributed by atoms with Crippen LogP contribution in [0.15, 0.2) is 41.2 Å². The highest BCUT2D eigenvalue weighted by atomic mass is 16.6. The molecule has 1 N–H and O–H groups in total. The summed E-state index contributed by atoms with van der Waals surface area (Å²) >= 11 is 0. The van der Waals surface area contributed by atoms with Crippen LogP contribution in [0.2, 0.25) is 0 Å². The van der Waals surface area contributed by atoms with Gasteiger partial charge in [-0.15, -0.1) is 0 Å². The van der Waals surface area contributed by atoms with E-state index in [4.69, 9.17) is 0 Å². The van der Waals surface area contributed by atoms with Gasteiger partial charge < -0.3 is 5.32 Å². The van der Waals surface area contributed by atoms with Crippen LogP contribution in [0.1, 0.15) is 28.9 Å². The third kappa shape index (κ3) is 3.66. The largest absolute Gasteiger partial charge is 0.348 e. The number of hydrogen-bond acceptors (Lipinski definition) is 5. The standard InChI is InChI=1S/C15H18N4O2/c20-15(14-10-16-21-18-14)17-13-6-8-19(9-7-13)11-12-4-2-1-3-5-12/h1-5,10,13H,6-9,11H2,(H,17,20). The molecule has 110 valence electrons. The Morgan fingerprint density at radius 3 is 2.71 bits per heavy atom. The first-order chi connectivity index (χ1) is 10.3. The van der Waals surface area contributed by atoms with Crippen LogP contribution in [-0.2, 0) is 6.54 Å². The van der Waals surface area contributed by atoms with Gasteiger partial charge in [0.1, 0.15) is 6.20 Å². The van der Waals surface area contributed by atoms with Gasteiger partial charge in [-0.25, -0.2) is 4.63 Å². The fourth-order valence-electron chi connectivity index (χ4n) is 2.60. The molecule has 1 amide bonds. The first-order valence-corrected chi connectivity index (χ1v) is 7.16. The molecule has 0 saturated carbocycles. The Balaban J connectivity index is 1.46. The van der Waals surface area contributed by atoms with E-state index in [2.05, 4.69) is 49.4 Å². The number of carbonyl (C=O) groups excluding carboxylic acids is 1. The van der Waals surface area contributed by atoms with Crippen molar-refractivity contribution in [3.05, 3.63) is 47.8 Å². The van der Waals surface area contributed by atoms with Crippen LogP contribution >= 0.6 is 0 Å². The Morgan fingerprint density at radius 2 is 2.05 bits per heavy atom. The zero-order chi connectivity index (χ0) is 14.5. The quantitative estimate of drug-likeness (QED) is 0.921. The summed E-state index contributed by atoms with van der Waals surface area (Å²) in [6.45, 7) is 2.93. The average Bonchev–Trinajstić information content (AvgIpc) is 3.05. The number of rotatable bonds is 4. The number of benzene rings is 1. The van der Waals surface area contributed by atoms with Gasteiger partial charge >= 0.3 is 0 Å². The Hall–Kier alpha value is -2.21. The predicted octanol–water partition coefficient (Wildman–Crippen LogP) is 1.46. The van der Waals surface area contributed by atoms with E-state index >= 15 is 0 Å². The molecule has 0 spiro atoms. The molecule has 6 heteroatoms. The van der Waals surface area contributed by atoms with Crippen molar-refractivity contribution in [2.24, 2.45) is 0 Å². The summed E-state index contributed by atoms with van der Waals surface area (Å²) in [5.41, 5.74) is 1.57. The van der Waals surface area contributed by atoms with Crippen LogP contribution in [0.25, 0.3) is 0 Å². The van der Waals surface area contributed by atoms with Crippen molar-refractivity contribution < 1.29 is 9.42 Å². The Labute approximate surface area is 123 Å². The highest BCUT2D eigenvalue weighted by Crippen LogP contribution is 2.14. The van der Waals surface area contributed by atoms with Crippen molar-refractivity contribution in [1.82, 2.24) is 20.5 Å². The molecule has 2 aromatic rings. The summed E-state index contributed by atoms with van der Waals surface area (Å²) < 4.78 is 4.44. The van der Waals surface area contributed by atoms with Gasteiger partial charge in [-0.3, -0.25) is 9.69 Å². The van der Waals surface area contributed by atoms with Crippen molar-refractivity contribution in [2.75, 3.05) is 13.1 Å². The van der Waals surface area contributed by atoms with Gasteiger partial charge in [0, 0.05) is 25.7 Å². The van der Waals surface area contributed by atoms with E-state index in [0.717, 1.165) is 32.5 Å². The van der Waals surface area contributed by atoms with Crippen LogP contribution in [0.3, 0.4) is 0 Å². The molecule has 6 nitrogen and oxygen atoms in total. The molecule has 0 aliphatic carbocycles. The van der Waals surface area contributed by atoms with Crippen molar-refractivity contribution in [1.29, 1.82) is 0 Å². The number of aromatic nitrogens is 2. The number of amides is 1. The first-order valence-electron chi connectivity index (χ1n) is 7.16. The minimum absolute atomic E-state index is 0.196. The summed E-state index contributed by atoms with van der Waals surface area (Å²) in [5.74, 6) is -0.210. The molecule has 0 unspecified atom stereocenters. The van der Waals surface area contributed by atoms with Gasteiger partial charge in [-0.05, 0) is 23.6 Å². The molecule has 0 atom stereocenters. The van der Waals surface area contributed by atoms with Crippen molar-refractivity contribution >= 4 is 5.91 Å². The molecule has 1 aromatic carbocycles. The molecular weight excluding hydrogens is 268 g/mol. The lowest BCUT2D eigenvalue weighted by Crippen LogP contribution is -2.44. The Morgan fingerprint density at radius 1 is 1.29 bits per heavy atom. The number of likely N-dealkylation sites (tertiary alicyclic amines) is 1. The van der Waals surface area contributed by atoms with E-state index in [-0.39, 0.29) is 17.6 Å². The summed E-state index contributed by atoms with van der Waals surface area (Å²) in [7, 11) is 0. The summed E-state index contributed by atoms with van der Waals surface area (Å²) in [6.07, 6.45) is 3.23. The Kier molecular flexibility index (Phi) is 4.25. The van der Waals surface area contributed by atoms with Gasteiger partial charge in [0.05, 0.1) is 0 Å². The normalized spacial score (nSPS) is 16.8. The second-order valence-corrected chi connectivity index (χ2v) is 5.30. The van der Waals surface area contributed by atoms with Crippen LogP contribution in [0, 0.1) is 0 Å². The van der Waals surface area contributed by atoms with Crippen molar-refractivity contribution in [2.45, 2.75) is 25.4 Å². The van der Waals surface area contributed by atoms with E-state index in [1.54, 1.807) is 0 Å². The summed E-state index contributed by atoms with van der Waals surface area (Å²) in [6, 6.07) is 10.6. The second-order valence-electron chi connectivity index (χ2n) is 5.30. The van der Waals surface area contributed by atoms with Crippen LogP contribution < -0.4 is 5.32 Å². The minimum atomic E-state index is -0.210. The number of nitrogens with one attached hydrogen (secondary N) is 1. The van der Waals surface area contributed by atoms with E-state index < -0.39 is 0 Å². The Bertz CT molecular complexity index is 563. The number of hydrogen-bond donors (Lipinski definition) is 1. The molecular formula is C15H18N4O2. The van der Waals surface area contributed by atoms with Gasteiger partial charge in [0.25, 0.3) is 5.91 Å². The van der Waals surface area contributed by atoms with Gasteiger partial charge in [0.2, 0.25) is 0 Å². The van der Waals surface area contributed by atoms with Crippen molar-refractivity contribution in [3.63, 3.8) is 0 Å². The van der Waals surface area contributed by atoms with Gasteiger partial charge in [-0.2, -0.15) is 0 Å². The molecule has 21 heavy (non-hydrogen) atoms. The molecule has 1 aliphatic rings. The van der Waals surface area contributed by atoms with Crippen LogP contribution in [0.4, 0.5) is 0 Å². The topological polar surface area (TPSA) is 71.3 Å².